The second-order valence-electron chi connectivity index (χ2n) is 7.42. The van der Waals surface area contributed by atoms with Crippen molar-refractivity contribution in [1.29, 1.82) is 0 Å². The Morgan fingerprint density at radius 2 is 2.07 bits per heavy atom. The maximum Gasteiger partial charge on any atom is 0.191 e. The summed E-state index contributed by atoms with van der Waals surface area (Å²) >= 11 is 1.74. The Labute approximate surface area is 178 Å². The molecule has 1 aromatic carbocycles. The van der Waals surface area contributed by atoms with Crippen molar-refractivity contribution in [2.24, 2.45) is 10.9 Å². The Kier molecular flexibility index (Phi) is 8.31. The molecule has 1 aromatic heterocycles. The van der Waals surface area contributed by atoms with Gasteiger partial charge in [-0.2, -0.15) is 0 Å². The van der Waals surface area contributed by atoms with Crippen LogP contribution in [0.3, 0.4) is 0 Å². The highest BCUT2D eigenvalue weighted by Gasteiger charge is 2.20. The van der Waals surface area contributed by atoms with Gasteiger partial charge >= 0.3 is 0 Å². The molecule has 6 nitrogen and oxygen atoms in total. The lowest BCUT2D eigenvalue weighted by Gasteiger charge is -2.31. The Balaban J connectivity index is 1.39. The number of nitrogens with zero attached hydrogens (tertiary/aromatic N) is 3. The van der Waals surface area contributed by atoms with E-state index in [1.165, 1.54) is 18.5 Å². The van der Waals surface area contributed by atoms with E-state index in [1.54, 1.807) is 11.3 Å². The van der Waals surface area contributed by atoms with Gasteiger partial charge in [0.2, 0.25) is 0 Å². The molecular weight excluding hydrogens is 382 g/mol. The molecule has 7 heteroatoms. The number of ether oxygens (including phenoxy) is 1. The SMILES string of the molecule is CCOc1ccccc1CNC(=NC)NCC1CCN(Cc2csc(C)n2)CC1. The van der Waals surface area contributed by atoms with E-state index in [4.69, 9.17) is 4.74 Å². The van der Waals surface area contributed by atoms with E-state index in [0.717, 1.165) is 48.5 Å². The Hall–Kier alpha value is -2.12. The molecule has 0 amide bonds. The number of likely N-dealkylation sites (tertiary alicyclic amines) is 1. The zero-order valence-electron chi connectivity index (χ0n) is 17.8. The highest BCUT2D eigenvalue weighted by molar-refractivity contribution is 7.09. The molecule has 0 atom stereocenters. The number of aliphatic imine (C=N–C) groups is 1. The van der Waals surface area contributed by atoms with Crippen molar-refractivity contribution in [3.8, 4) is 5.75 Å². The number of aryl methyl sites for hydroxylation is 1. The Morgan fingerprint density at radius 1 is 1.28 bits per heavy atom. The third-order valence-electron chi connectivity index (χ3n) is 5.26. The fourth-order valence-corrected chi connectivity index (χ4v) is 4.25. The number of rotatable bonds is 8. The molecule has 158 valence electrons. The zero-order chi connectivity index (χ0) is 20.5. The fourth-order valence-electron chi connectivity index (χ4n) is 3.65. The summed E-state index contributed by atoms with van der Waals surface area (Å²) in [5, 5.41) is 10.2. The lowest BCUT2D eigenvalue weighted by Crippen LogP contribution is -2.42. The standard InChI is InChI=1S/C22H33N5OS/c1-4-28-21-8-6-5-7-19(21)14-25-22(23-3)24-13-18-9-11-27(12-10-18)15-20-16-29-17(2)26-20/h5-8,16,18H,4,9-15H2,1-3H3,(H2,23,24,25). The molecule has 1 saturated heterocycles. The van der Waals surface area contributed by atoms with Gasteiger partial charge < -0.3 is 15.4 Å². The van der Waals surface area contributed by atoms with Crippen LogP contribution in [0.15, 0.2) is 34.6 Å². The van der Waals surface area contributed by atoms with Crippen LogP contribution in [0.5, 0.6) is 5.75 Å². The van der Waals surface area contributed by atoms with Crippen molar-refractivity contribution in [3.05, 3.63) is 45.9 Å². The fraction of sp³-hybridized carbons (Fsp3) is 0.545. The number of hydrogen-bond acceptors (Lipinski definition) is 5. The van der Waals surface area contributed by atoms with Crippen molar-refractivity contribution in [2.75, 3.05) is 33.3 Å². The lowest BCUT2D eigenvalue weighted by molar-refractivity contribution is 0.176. The van der Waals surface area contributed by atoms with Crippen LogP contribution < -0.4 is 15.4 Å². The van der Waals surface area contributed by atoms with Crippen LogP contribution in [0.2, 0.25) is 0 Å². The first kappa shape index (κ1) is 21.6. The van der Waals surface area contributed by atoms with Gasteiger partial charge in [0, 0.05) is 37.6 Å². The van der Waals surface area contributed by atoms with Crippen LogP contribution >= 0.6 is 11.3 Å². The molecule has 1 fully saturated rings. The lowest BCUT2D eigenvalue weighted by atomic mass is 9.97. The number of guanidine groups is 1. The Morgan fingerprint density at radius 3 is 2.76 bits per heavy atom. The molecule has 29 heavy (non-hydrogen) atoms. The number of hydrogen-bond donors (Lipinski definition) is 2. The van der Waals surface area contributed by atoms with Gasteiger partial charge in [0.05, 0.1) is 17.3 Å². The van der Waals surface area contributed by atoms with Crippen LogP contribution in [0.1, 0.15) is 36.0 Å². The molecule has 0 radical (unpaired) electrons. The van der Waals surface area contributed by atoms with E-state index in [0.29, 0.717) is 19.1 Å². The molecule has 1 aliphatic rings. The summed E-state index contributed by atoms with van der Waals surface area (Å²) in [6, 6.07) is 8.14. The van der Waals surface area contributed by atoms with E-state index in [2.05, 4.69) is 43.9 Å². The molecule has 0 bridgehead atoms. The summed E-state index contributed by atoms with van der Waals surface area (Å²) in [6.07, 6.45) is 2.42. The minimum Gasteiger partial charge on any atom is -0.494 e. The van der Waals surface area contributed by atoms with Crippen molar-refractivity contribution in [3.63, 3.8) is 0 Å². The molecule has 0 spiro atoms. The minimum absolute atomic E-state index is 0.671. The van der Waals surface area contributed by atoms with E-state index >= 15 is 0 Å². The molecule has 1 aliphatic heterocycles. The summed E-state index contributed by atoms with van der Waals surface area (Å²) in [5.74, 6) is 2.45. The quantitative estimate of drug-likeness (QED) is 0.511. The number of para-hydroxylation sites is 1. The van der Waals surface area contributed by atoms with Crippen LogP contribution in [0.4, 0.5) is 0 Å². The normalized spacial score (nSPS) is 16.0. The van der Waals surface area contributed by atoms with Crippen LogP contribution in [0.25, 0.3) is 0 Å². The van der Waals surface area contributed by atoms with Crippen molar-refractivity contribution >= 4 is 17.3 Å². The van der Waals surface area contributed by atoms with Gasteiger partial charge in [-0.1, -0.05) is 18.2 Å². The zero-order valence-corrected chi connectivity index (χ0v) is 18.6. The van der Waals surface area contributed by atoms with Crippen LogP contribution in [0, 0.1) is 12.8 Å². The van der Waals surface area contributed by atoms with Crippen LogP contribution in [-0.4, -0.2) is 49.1 Å². The first-order valence-electron chi connectivity index (χ1n) is 10.5. The third kappa shape index (κ3) is 6.72. The number of piperidine rings is 1. The summed E-state index contributed by atoms with van der Waals surface area (Å²) in [6.45, 7) is 9.65. The average molecular weight is 416 g/mol. The van der Waals surface area contributed by atoms with Gasteiger partial charge in [-0.05, 0) is 51.8 Å². The molecular formula is C22H33N5OS. The number of thiazole rings is 1. The van der Waals surface area contributed by atoms with Crippen molar-refractivity contribution in [2.45, 2.75) is 39.8 Å². The second-order valence-corrected chi connectivity index (χ2v) is 8.49. The Bertz CT molecular complexity index is 783. The third-order valence-corrected chi connectivity index (χ3v) is 6.08. The number of aromatic nitrogens is 1. The smallest absolute Gasteiger partial charge is 0.191 e. The summed E-state index contributed by atoms with van der Waals surface area (Å²) in [4.78, 5) is 11.5. The highest BCUT2D eigenvalue weighted by Crippen LogP contribution is 2.20. The molecule has 2 aromatic rings. The topological polar surface area (TPSA) is 61.8 Å². The van der Waals surface area contributed by atoms with Gasteiger partial charge in [-0.25, -0.2) is 4.98 Å². The molecule has 2 N–H and O–H groups in total. The predicted molar refractivity (Wildman–Crippen MR) is 121 cm³/mol. The monoisotopic (exact) mass is 415 g/mol. The first-order valence-corrected chi connectivity index (χ1v) is 11.3. The van der Waals surface area contributed by atoms with Gasteiger partial charge in [0.25, 0.3) is 0 Å². The highest BCUT2D eigenvalue weighted by atomic mass is 32.1. The molecule has 3 rings (SSSR count). The maximum atomic E-state index is 5.70. The summed E-state index contributed by atoms with van der Waals surface area (Å²) in [5.41, 5.74) is 2.35. The van der Waals surface area contributed by atoms with E-state index < -0.39 is 0 Å². The minimum atomic E-state index is 0.671. The molecule has 0 saturated carbocycles. The number of benzene rings is 1. The molecule has 2 heterocycles. The van der Waals surface area contributed by atoms with Crippen LogP contribution in [-0.2, 0) is 13.1 Å². The van der Waals surface area contributed by atoms with Gasteiger partial charge in [0.1, 0.15) is 5.75 Å². The van der Waals surface area contributed by atoms with Gasteiger partial charge in [0.15, 0.2) is 5.96 Å². The van der Waals surface area contributed by atoms with Crippen molar-refractivity contribution in [1.82, 2.24) is 20.5 Å². The average Bonchev–Trinajstić information content (AvgIpc) is 3.15. The van der Waals surface area contributed by atoms with Gasteiger partial charge in [-0.3, -0.25) is 9.89 Å². The first-order chi connectivity index (χ1) is 14.2. The largest absolute Gasteiger partial charge is 0.494 e. The molecule has 0 unspecified atom stereocenters. The molecule has 0 aliphatic carbocycles. The predicted octanol–water partition coefficient (Wildman–Crippen LogP) is 3.43. The summed E-state index contributed by atoms with van der Waals surface area (Å²) in [7, 11) is 1.82. The van der Waals surface area contributed by atoms with E-state index in [1.807, 2.05) is 32.2 Å². The van der Waals surface area contributed by atoms with Crippen molar-refractivity contribution < 1.29 is 4.74 Å². The second kappa shape index (κ2) is 11.2. The number of nitrogens with one attached hydrogen (secondary N) is 2. The van der Waals surface area contributed by atoms with E-state index in [9.17, 15) is 0 Å². The maximum absolute atomic E-state index is 5.70. The van der Waals surface area contributed by atoms with E-state index in [-0.39, 0.29) is 0 Å². The van der Waals surface area contributed by atoms with Gasteiger partial charge in [-0.15, -0.1) is 11.3 Å². The summed E-state index contributed by atoms with van der Waals surface area (Å²) < 4.78 is 5.70.